The molecule has 1 atom stereocenters. The van der Waals surface area contributed by atoms with Crippen molar-refractivity contribution in [2.24, 2.45) is 5.73 Å². The van der Waals surface area contributed by atoms with Crippen molar-refractivity contribution in [3.8, 4) is 11.8 Å². The highest BCUT2D eigenvalue weighted by Gasteiger charge is 2.15. The number of nitrogens with two attached hydrogens (primary N) is 1. The van der Waals surface area contributed by atoms with E-state index in [1.165, 1.54) is 6.08 Å². The summed E-state index contributed by atoms with van der Waals surface area (Å²) in [6.07, 6.45) is 2.66. The van der Waals surface area contributed by atoms with Crippen LogP contribution < -0.4 is 15.8 Å². The summed E-state index contributed by atoms with van der Waals surface area (Å²) in [6, 6.07) is 5.31. The molecule has 3 N–H and O–H groups in total. The standard InChI is InChI=1S/C11H12N4O2/c12-4-3-9(13)10-2-1-8(5-14-10)17-11-6-16-7-15-11/h1-3,5,11,15H,6-7,13H2. The van der Waals surface area contributed by atoms with Gasteiger partial charge in [0.1, 0.15) is 5.75 Å². The summed E-state index contributed by atoms with van der Waals surface area (Å²) in [5.41, 5.74) is 6.51. The largest absolute Gasteiger partial charge is 0.471 e. The summed E-state index contributed by atoms with van der Waals surface area (Å²) in [5.74, 6) is 0.626. The van der Waals surface area contributed by atoms with Crippen LogP contribution in [0, 0.1) is 11.3 Å². The summed E-state index contributed by atoms with van der Waals surface area (Å²) < 4.78 is 10.6. The molecule has 0 amide bonds. The molecule has 1 fully saturated rings. The van der Waals surface area contributed by atoms with E-state index in [1.54, 1.807) is 18.3 Å². The van der Waals surface area contributed by atoms with Crippen LogP contribution in [0.2, 0.25) is 0 Å². The number of hydrogen-bond donors (Lipinski definition) is 2. The van der Waals surface area contributed by atoms with E-state index in [0.717, 1.165) is 0 Å². The lowest BCUT2D eigenvalue weighted by atomic mass is 10.2. The quantitative estimate of drug-likeness (QED) is 0.722. The zero-order chi connectivity index (χ0) is 12.1. The van der Waals surface area contributed by atoms with Gasteiger partial charge in [0.2, 0.25) is 0 Å². The van der Waals surface area contributed by atoms with E-state index in [-0.39, 0.29) is 6.23 Å². The third kappa shape index (κ3) is 2.93. The van der Waals surface area contributed by atoms with Gasteiger partial charge in [0.25, 0.3) is 0 Å². The van der Waals surface area contributed by atoms with Crippen LogP contribution in [0.1, 0.15) is 5.69 Å². The second-order valence-electron chi connectivity index (χ2n) is 3.43. The number of ether oxygens (including phenoxy) is 2. The molecule has 17 heavy (non-hydrogen) atoms. The van der Waals surface area contributed by atoms with Gasteiger partial charge in [-0.1, -0.05) is 0 Å². The summed E-state index contributed by atoms with van der Waals surface area (Å²) in [4.78, 5) is 4.10. The second-order valence-corrected chi connectivity index (χ2v) is 3.43. The van der Waals surface area contributed by atoms with Crippen LogP contribution in [0.3, 0.4) is 0 Å². The van der Waals surface area contributed by atoms with Crippen molar-refractivity contribution in [2.75, 3.05) is 13.3 Å². The first-order chi connectivity index (χ1) is 8.29. The Hall–Kier alpha value is -2.10. The fourth-order valence-corrected chi connectivity index (χ4v) is 1.38. The molecule has 1 saturated heterocycles. The van der Waals surface area contributed by atoms with Crippen LogP contribution >= 0.6 is 0 Å². The molecular formula is C11H12N4O2. The fourth-order valence-electron chi connectivity index (χ4n) is 1.38. The highest BCUT2D eigenvalue weighted by atomic mass is 16.6. The van der Waals surface area contributed by atoms with E-state index in [2.05, 4.69) is 10.3 Å². The molecule has 1 aliphatic rings. The molecule has 6 heteroatoms. The first kappa shape index (κ1) is 11.4. The van der Waals surface area contributed by atoms with Crippen LogP contribution in [0.25, 0.3) is 5.70 Å². The molecule has 0 aliphatic carbocycles. The zero-order valence-corrected chi connectivity index (χ0v) is 9.09. The minimum atomic E-state index is -0.144. The van der Waals surface area contributed by atoms with Crippen molar-refractivity contribution in [1.29, 1.82) is 5.26 Å². The van der Waals surface area contributed by atoms with Gasteiger partial charge in [0.05, 0.1) is 37.0 Å². The van der Waals surface area contributed by atoms with Crippen LogP contribution in [-0.4, -0.2) is 24.5 Å². The first-order valence-corrected chi connectivity index (χ1v) is 5.09. The van der Waals surface area contributed by atoms with Crippen molar-refractivity contribution in [1.82, 2.24) is 10.3 Å². The molecule has 1 unspecified atom stereocenters. The van der Waals surface area contributed by atoms with E-state index in [0.29, 0.717) is 30.5 Å². The lowest BCUT2D eigenvalue weighted by Crippen LogP contribution is -2.29. The predicted molar refractivity (Wildman–Crippen MR) is 60.4 cm³/mol. The van der Waals surface area contributed by atoms with Gasteiger partial charge in [-0.3, -0.25) is 10.3 Å². The average Bonchev–Trinajstić information content (AvgIpc) is 2.83. The van der Waals surface area contributed by atoms with Crippen LogP contribution in [-0.2, 0) is 4.74 Å². The fraction of sp³-hybridized carbons (Fsp3) is 0.273. The Morgan fingerprint density at radius 3 is 3.18 bits per heavy atom. The Morgan fingerprint density at radius 2 is 2.59 bits per heavy atom. The Balaban J connectivity index is 2.02. The van der Waals surface area contributed by atoms with Crippen LogP contribution in [0.15, 0.2) is 24.4 Å². The smallest absolute Gasteiger partial charge is 0.175 e. The van der Waals surface area contributed by atoms with Gasteiger partial charge in [0, 0.05) is 6.08 Å². The Bertz CT molecular complexity index is 444. The molecule has 1 aliphatic heterocycles. The number of nitrogens with zero attached hydrogens (tertiary/aromatic N) is 2. The minimum absolute atomic E-state index is 0.144. The van der Waals surface area contributed by atoms with Crippen LogP contribution in [0.4, 0.5) is 0 Å². The minimum Gasteiger partial charge on any atom is -0.471 e. The van der Waals surface area contributed by atoms with Gasteiger partial charge in [-0.05, 0) is 12.1 Å². The topological polar surface area (TPSA) is 93.2 Å². The molecule has 88 valence electrons. The predicted octanol–water partition coefficient (Wildman–Crippen LogP) is 0.187. The molecule has 0 bridgehead atoms. The van der Waals surface area contributed by atoms with Gasteiger partial charge in [-0.2, -0.15) is 5.26 Å². The summed E-state index contributed by atoms with van der Waals surface area (Å²) in [6.45, 7) is 1.01. The lowest BCUT2D eigenvalue weighted by molar-refractivity contribution is 0.139. The third-order valence-electron chi connectivity index (χ3n) is 2.21. The monoisotopic (exact) mass is 232 g/mol. The van der Waals surface area contributed by atoms with E-state index in [4.69, 9.17) is 20.5 Å². The molecular weight excluding hydrogens is 220 g/mol. The number of nitrogens with one attached hydrogen (secondary N) is 1. The Morgan fingerprint density at radius 1 is 1.71 bits per heavy atom. The molecule has 2 rings (SSSR count). The van der Waals surface area contributed by atoms with E-state index in [9.17, 15) is 0 Å². The number of rotatable bonds is 3. The summed E-state index contributed by atoms with van der Waals surface area (Å²) >= 11 is 0. The average molecular weight is 232 g/mol. The summed E-state index contributed by atoms with van der Waals surface area (Å²) in [7, 11) is 0. The molecule has 0 aromatic carbocycles. The van der Waals surface area contributed by atoms with Crippen molar-refractivity contribution in [2.45, 2.75) is 6.23 Å². The number of aromatic nitrogens is 1. The van der Waals surface area contributed by atoms with Gasteiger partial charge < -0.3 is 15.2 Å². The first-order valence-electron chi connectivity index (χ1n) is 5.09. The van der Waals surface area contributed by atoms with Crippen molar-refractivity contribution in [3.05, 3.63) is 30.1 Å². The van der Waals surface area contributed by atoms with Crippen molar-refractivity contribution < 1.29 is 9.47 Å². The molecule has 2 heterocycles. The third-order valence-corrected chi connectivity index (χ3v) is 2.21. The maximum Gasteiger partial charge on any atom is 0.175 e. The van der Waals surface area contributed by atoms with Crippen LogP contribution in [0.5, 0.6) is 5.75 Å². The zero-order valence-electron chi connectivity index (χ0n) is 9.09. The molecule has 0 radical (unpaired) electrons. The van der Waals surface area contributed by atoms with Gasteiger partial charge >= 0.3 is 0 Å². The van der Waals surface area contributed by atoms with E-state index < -0.39 is 0 Å². The molecule has 0 spiro atoms. The summed E-state index contributed by atoms with van der Waals surface area (Å²) in [5, 5.41) is 11.5. The van der Waals surface area contributed by atoms with Gasteiger partial charge in [-0.15, -0.1) is 0 Å². The van der Waals surface area contributed by atoms with E-state index in [1.807, 2.05) is 6.07 Å². The SMILES string of the molecule is N#CC=C(N)c1ccc(OC2COCN2)cn1. The second kappa shape index (κ2) is 5.30. The molecule has 6 nitrogen and oxygen atoms in total. The van der Waals surface area contributed by atoms with Crippen molar-refractivity contribution in [3.63, 3.8) is 0 Å². The van der Waals surface area contributed by atoms with Gasteiger partial charge in [0.15, 0.2) is 6.23 Å². The normalized spacial score (nSPS) is 19.9. The number of nitriles is 1. The number of hydrogen-bond acceptors (Lipinski definition) is 6. The molecule has 1 aromatic rings. The highest BCUT2D eigenvalue weighted by molar-refractivity contribution is 5.61. The molecule has 1 aromatic heterocycles. The highest BCUT2D eigenvalue weighted by Crippen LogP contribution is 2.14. The van der Waals surface area contributed by atoms with Gasteiger partial charge in [-0.25, -0.2) is 0 Å². The maximum atomic E-state index is 8.46. The molecule has 0 saturated carbocycles. The van der Waals surface area contributed by atoms with Crippen molar-refractivity contribution >= 4 is 5.70 Å². The Kier molecular flexibility index (Phi) is 3.55. The number of pyridine rings is 1. The lowest BCUT2D eigenvalue weighted by Gasteiger charge is -2.11. The van der Waals surface area contributed by atoms with E-state index >= 15 is 0 Å². The Labute approximate surface area is 98.7 Å². The maximum absolute atomic E-state index is 8.46. The number of allylic oxidation sites excluding steroid dienone is 1.